The molecule has 2 fully saturated rings. The number of thioether (sulfide) groups is 1. The van der Waals surface area contributed by atoms with Gasteiger partial charge in [-0.2, -0.15) is 11.3 Å². The van der Waals surface area contributed by atoms with Crippen molar-refractivity contribution < 1.29 is 19.5 Å². The number of carbonyl (C=O) groups excluding carboxylic acids is 2. The van der Waals surface area contributed by atoms with Gasteiger partial charge in [-0.15, -0.1) is 0 Å². The molecule has 12 heteroatoms. The van der Waals surface area contributed by atoms with Gasteiger partial charge in [0.15, 0.2) is 0 Å². The zero-order valence-corrected chi connectivity index (χ0v) is 21.3. The quantitative estimate of drug-likeness (QED) is 0.363. The summed E-state index contributed by atoms with van der Waals surface area (Å²) in [7, 11) is 0. The van der Waals surface area contributed by atoms with Crippen LogP contribution < -0.4 is 10.6 Å². The summed E-state index contributed by atoms with van der Waals surface area (Å²) >= 11 is 2.44. The number of nitrogens with zero attached hydrogens (tertiary/aromatic N) is 4. The maximum absolute atomic E-state index is 12.1. The van der Waals surface area contributed by atoms with Crippen LogP contribution in [0.15, 0.2) is 52.2 Å². The molecule has 0 radical (unpaired) electrons. The maximum Gasteiger partial charge on any atom is 0.407 e. The van der Waals surface area contributed by atoms with Crippen LogP contribution in [0.5, 0.6) is 0 Å². The molecule has 3 aromatic heterocycles. The summed E-state index contributed by atoms with van der Waals surface area (Å²) in [5.41, 5.74) is 3.12. The van der Waals surface area contributed by atoms with E-state index in [1.807, 2.05) is 35.0 Å². The SMILES string of the molecule is O=C1NC(=O)/C(=C/c2ccnc(NC3CCC(N(Cc4cccc(-c5ccsc5)n4)C(=O)O)CC3)n2)S1. The summed E-state index contributed by atoms with van der Waals surface area (Å²) in [5, 5.41) is 19.1. The van der Waals surface area contributed by atoms with Gasteiger partial charge in [0.05, 0.1) is 28.5 Å². The summed E-state index contributed by atoms with van der Waals surface area (Å²) in [5.74, 6) is -0.00473. The van der Waals surface area contributed by atoms with Crippen molar-refractivity contribution in [3.63, 3.8) is 0 Å². The molecule has 5 rings (SSSR count). The Bertz CT molecular complexity index is 1340. The van der Waals surface area contributed by atoms with Gasteiger partial charge in [0.2, 0.25) is 5.95 Å². The molecule has 4 heterocycles. The van der Waals surface area contributed by atoms with Crippen molar-refractivity contribution >= 4 is 52.4 Å². The van der Waals surface area contributed by atoms with Crippen LogP contribution in [-0.4, -0.2) is 54.3 Å². The van der Waals surface area contributed by atoms with Gasteiger partial charge >= 0.3 is 6.09 Å². The molecule has 2 aliphatic rings. The predicted octanol–water partition coefficient (Wildman–Crippen LogP) is 4.83. The third kappa shape index (κ3) is 6.15. The maximum atomic E-state index is 12.1. The van der Waals surface area contributed by atoms with Crippen LogP contribution in [0.25, 0.3) is 17.3 Å². The molecule has 37 heavy (non-hydrogen) atoms. The molecule has 10 nitrogen and oxygen atoms in total. The minimum absolute atomic E-state index is 0.0978. The summed E-state index contributed by atoms with van der Waals surface area (Å²) in [6.45, 7) is 0.240. The number of pyridine rings is 1. The molecule has 3 aromatic rings. The van der Waals surface area contributed by atoms with E-state index in [0.29, 0.717) is 29.4 Å². The molecule has 1 aliphatic carbocycles. The number of thiophene rings is 1. The van der Waals surface area contributed by atoms with Crippen molar-refractivity contribution in [3.8, 4) is 11.3 Å². The van der Waals surface area contributed by atoms with E-state index in [1.54, 1.807) is 29.7 Å². The Balaban J connectivity index is 1.19. The lowest BCUT2D eigenvalue weighted by Crippen LogP contribution is -2.43. The number of imide groups is 1. The number of rotatable bonds is 7. The third-order valence-electron chi connectivity index (χ3n) is 6.27. The highest BCUT2D eigenvalue weighted by Crippen LogP contribution is 2.28. The predicted molar refractivity (Wildman–Crippen MR) is 142 cm³/mol. The molecule has 0 aromatic carbocycles. The fraction of sp³-hybridized carbons (Fsp3) is 0.280. The number of hydrogen-bond acceptors (Lipinski definition) is 9. The van der Waals surface area contributed by atoms with Crippen LogP contribution in [0.1, 0.15) is 37.1 Å². The Morgan fingerprint density at radius 3 is 2.70 bits per heavy atom. The smallest absolute Gasteiger partial charge is 0.407 e. The largest absolute Gasteiger partial charge is 0.465 e. The van der Waals surface area contributed by atoms with Gasteiger partial charge in [0.1, 0.15) is 0 Å². The summed E-state index contributed by atoms with van der Waals surface area (Å²) in [6.07, 6.45) is 5.14. The first-order valence-corrected chi connectivity index (χ1v) is 13.5. The van der Waals surface area contributed by atoms with Gasteiger partial charge in [-0.05, 0) is 73.2 Å². The second kappa shape index (κ2) is 11.1. The lowest BCUT2D eigenvalue weighted by atomic mass is 9.90. The molecule has 3 N–H and O–H groups in total. The van der Waals surface area contributed by atoms with Crippen molar-refractivity contribution in [2.75, 3.05) is 5.32 Å². The molecule has 190 valence electrons. The van der Waals surface area contributed by atoms with E-state index in [9.17, 15) is 19.5 Å². The summed E-state index contributed by atoms with van der Waals surface area (Å²) in [4.78, 5) is 50.4. The van der Waals surface area contributed by atoms with Crippen molar-refractivity contribution in [1.82, 2.24) is 25.2 Å². The van der Waals surface area contributed by atoms with Crippen LogP contribution in [0.2, 0.25) is 0 Å². The van der Waals surface area contributed by atoms with Crippen LogP contribution in [0.3, 0.4) is 0 Å². The van der Waals surface area contributed by atoms with Gasteiger partial charge in [0, 0.05) is 29.2 Å². The second-order valence-electron chi connectivity index (χ2n) is 8.74. The van der Waals surface area contributed by atoms with Crippen molar-refractivity contribution in [2.24, 2.45) is 0 Å². The number of anilines is 1. The Morgan fingerprint density at radius 1 is 1.16 bits per heavy atom. The zero-order chi connectivity index (χ0) is 25.8. The minimum Gasteiger partial charge on any atom is -0.465 e. The second-order valence-corrected chi connectivity index (χ2v) is 10.5. The average molecular weight is 537 g/mol. The molecule has 1 saturated heterocycles. The van der Waals surface area contributed by atoms with E-state index in [-0.39, 0.29) is 18.6 Å². The van der Waals surface area contributed by atoms with Gasteiger partial charge < -0.3 is 10.4 Å². The zero-order valence-electron chi connectivity index (χ0n) is 19.7. The normalized spacial score (nSPS) is 20.6. The number of carbonyl (C=O) groups is 3. The lowest BCUT2D eigenvalue weighted by Gasteiger charge is -2.35. The van der Waals surface area contributed by atoms with E-state index in [2.05, 4.69) is 25.6 Å². The van der Waals surface area contributed by atoms with E-state index in [1.165, 1.54) is 4.90 Å². The molecule has 0 bridgehead atoms. The highest BCUT2D eigenvalue weighted by Gasteiger charge is 2.30. The number of hydrogen-bond donors (Lipinski definition) is 3. The highest BCUT2D eigenvalue weighted by atomic mass is 32.2. The fourth-order valence-corrected chi connectivity index (χ4v) is 5.77. The number of nitrogens with one attached hydrogen (secondary N) is 2. The number of aromatic nitrogens is 3. The molecule has 1 saturated carbocycles. The van der Waals surface area contributed by atoms with Gasteiger partial charge in [-0.1, -0.05) is 6.07 Å². The molecule has 3 amide bonds. The highest BCUT2D eigenvalue weighted by molar-refractivity contribution is 8.18. The Hall–Kier alpha value is -3.77. The van der Waals surface area contributed by atoms with Crippen LogP contribution in [0, 0.1) is 0 Å². The first-order valence-electron chi connectivity index (χ1n) is 11.8. The molecule has 0 spiro atoms. The number of carboxylic acid groups (broad SMARTS) is 1. The Morgan fingerprint density at radius 2 is 2.00 bits per heavy atom. The topological polar surface area (TPSA) is 137 Å². The Labute approximate surface area is 221 Å². The number of amides is 3. The van der Waals surface area contributed by atoms with E-state index < -0.39 is 17.2 Å². The fourth-order valence-electron chi connectivity index (χ4n) is 4.46. The Kier molecular flexibility index (Phi) is 7.47. The van der Waals surface area contributed by atoms with Gasteiger partial charge in [-0.3, -0.25) is 24.8 Å². The van der Waals surface area contributed by atoms with Crippen LogP contribution in [0.4, 0.5) is 15.5 Å². The summed E-state index contributed by atoms with van der Waals surface area (Å²) in [6, 6.07) is 9.37. The summed E-state index contributed by atoms with van der Waals surface area (Å²) < 4.78 is 0. The lowest BCUT2D eigenvalue weighted by molar-refractivity contribution is -0.115. The van der Waals surface area contributed by atoms with Gasteiger partial charge in [-0.25, -0.2) is 14.8 Å². The monoisotopic (exact) mass is 536 g/mol. The molecular formula is C25H24N6O4S2. The van der Waals surface area contributed by atoms with E-state index >= 15 is 0 Å². The van der Waals surface area contributed by atoms with Crippen molar-refractivity contribution in [2.45, 2.75) is 44.3 Å². The van der Waals surface area contributed by atoms with Crippen LogP contribution >= 0.6 is 23.1 Å². The van der Waals surface area contributed by atoms with Crippen molar-refractivity contribution in [3.05, 3.63) is 63.6 Å². The molecule has 0 atom stereocenters. The first kappa shape index (κ1) is 24.9. The first-order chi connectivity index (χ1) is 17.9. The minimum atomic E-state index is -0.949. The standard InChI is InChI=1S/C25H24N6O4S2/c32-22-21(37-24(33)30-22)12-17-8-10-26-23(29-17)28-16-4-6-19(7-5-16)31(25(34)35)13-18-2-1-3-20(27-18)15-9-11-36-14-15/h1-3,8-12,14,16,19H,4-7,13H2,(H,34,35)(H,26,28,29)(H,30,32,33)/b21-12-. The van der Waals surface area contributed by atoms with Gasteiger partial charge in [0.25, 0.3) is 11.1 Å². The third-order valence-corrected chi connectivity index (χ3v) is 7.76. The van der Waals surface area contributed by atoms with Crippen LogP contribution in [-0.2, 0) is 11.3 Å². The molecular weight excluding hydrogens is 512 g/mol. The molecule has 1 aliphatic heterocycles. The van der Waals surface area contributed by atoms with E-state index in [0.717, 1.165) is 41.6 Å². The molecule has 0 unspecified atom stereocenters. The van der Waals surface area contributed by atoms with Crippen molar-refractivity contribution in [1.29, 1.82) is 0 Å². The van der Waals surface area contributed by atoms with E-state index in [4.69, 9.17) is 0 Å². The average Bonchev–Trinajstić information content (AvgIpc) is 3.53.